The van der Waals surface area contributed by atoms with Crippen molar-refractivity contribution in [2.75, 3.05) is 6.61 Å². The third-order valence-electron chi connectivity index (χ3n) is 3.06. The Morgan fingerprint density at radius 2 is 2.17 bits per heavy atom. The van der Waals surface area contributed by atoms with Gasteiger partial charge in [0.15, 0.2) is 0 Å². The molecule has 0 amide bonds. The number of esters is 1. The zero-order valence-electron chi connectivity index (χ0n) is 12.9. The maximum atomic E-state index is 11.8. The van der Waals surface area contributed by atoms with Crippen LogP contribution in [-0.2, 0) is 16.1 Å². The van der Waals surface area contributed by atoms with E-state index in [1.165, 1.54) is 11.3 Å². The third kappa shape index (κ3) is 5.78. The Morgan fingerprint density at radius 3 is 2.83 bits per heavy atom. The third-order valence-corrected chi connectivity index (χ3v) is 4.43. The summed E-state index contributed by atoms with van der Waals surface area (Å²) in [6, 6.07) is 5.00. The van der Waals surface area contributed by atoms with Gasteiger partial charge >= 0.3 is 5.97 Å². The minimum absolute atomic E-state index is 0.0289. The summed E-state index contributed by atoms with van der Waals surface area (Å²) in [4.78, 5) is 15.8. The molecule has 0 aliphatic heterocycles. The van der Waals surface area contributed by atoms with Crippen molar-refractivity contribution in [1.29, 1.82) is 5.41 Å². The van der Waals surface area contributed by atoms with Crippen LogP contribution in [0.2, 0.25) is 10.0 Å². The summed E-state index contributed by atoms with van der Waals surface area (Å²) < 4.78 is 10.7. The number of nitrogens with zero attached hydrogens (tertiary/aromatic N) is 1. The van der Waals surface area contributed by atoms with Crippen molar-refractivity contribution in [2.24, 2.45) is 5.92 Å². The van der Waals surface area contributed by atoms with Gasteiger partial charge in [-0.05, 0) is 18.1 Å². The number of ether oxygens (including phenoxy) is 2. The van der Waals surface area contributed by atoms with Gasteiger partial charge in [-0.2, -0.15) is 0 Å². The summed E-state index contributed by atoms with van der Waals surface area (Å²) in [6.45, 7) is 2.32. The topological polar surface area (TPSA) is 72.3 Å². The Balaban J connectivity index is 1.74. The van der Waals surface area contributed by atoms with Crippen LogP contribution in [0.15, 0.2) is 29.1 Å². The van der Waals surface area contributed by atoms with E-state index in [2.05, 4.69) is 4.98 Å². The van der Waals surface area contributed by atoms with Crippen molar-refractivity contribution in [3.05, 3.63) is 44.8 Å². The van der Waals surface area contributed by atoms with E-state index in [4.69, 9.17) is 38.1 Å². The molecule has 0 saturated carbocycles. The number of aromatic nitrogens is 1. The van der Waals surface area contributed by atoms with Crippen LogP contribution in [0.5, 0.6) is 5.75 Å². The molecular formula is C16H16Cl2N2O3S. The number of thiazole rings is 1. The lowest BCUT2D eigenvalue weighted by Gasteiger charge is -2.13. The summed E-state index contributed by atoms with van der Waals surface area (Å²) in [6.07, 6.45) is 0.261. The Hall–Kier alpha value is -1.63. The number of halogens is 2. The van der Waals surface area contributed by atoms with Gasteiger partial charge in [0.2, 0.25) is 0 Å². The summed E-state index contributed by atoms with van der Waals surface area (Å²) in [5.74, 6) is -0.0722. The zero-order valence-corrected chi connectivity index (χ0v) is 15.2. The summed E-state index contributed by atoms with van der Waals surface area (Å²) >= 11 is 13.2. The van der Waals surface area contributed by atoms with Crippen LogP contribution >= 0.6 is 34.5 Å². The Kier molecular flexibility index (Phi) is 7.02. The standard InChI is InChI=1S/C16H16Cl2N2O3S/c1-10(6-22-12-2-3-13(17)14(18)5-12)4-15(19)16(21)23-7-11-8-24-9-20-11/h2-3,5,8-10,19H,4,6-7H2,1H3. The van der Waals surface area contributed by atoms with Crippen LogP contribution < -0.4 is 4.74 Å². The summed E-state index contributed by atoms with van der Waals surface area (Å²) in [5.41, 5.74) is 2.25. The Bertz CT molecular complexity index is 707. The van der Waals surface area contributed by atoms with Crippen LogP contribution in [0.1, 0.15) is 19.0 Å². The smallest absolute Gasteiger partial charge is 0.352 e. The molecule has 0 aliphatic rings. The fourth-order valence-corrected chi connectivity index (χ4v) is 2.66. The molecule has 1 unspecified atom stereocenters. The second-order valence-electron chi connectivity index (χ2n) is 5.23. The summed E-state index contributed by atoms with van der Waals surface area (Å²) in [7, 11) is 0. The van der Waals surface area contributed by atoms with Gasteiger partial charge in [-0.15, -0.1) is 11.3 Å². The zero-order chi connectivity index (χ0) is 17.5. The molecule has 0 saturated heterocycles. The maximum absolute atomic E-state index is 11.8. The number of carbonyl (C=O) groups is 1. The van der Waals surface area contributed by atoms with Crippen molar-refractivity contribution in [3.63, 3.8) is 0 Å². The summed E-state index contributed by atoms with van der Waals surface area (Å²) in [5, 5.41) is 10.5. The molecule has 2 rings (SSSR count). The average Bonchev–Trinajstić information content (AvgIpc) is 3.07. The highest BCUT2D eigenvalue weighted by atomic mass is 35.5. The van der Waals surface area contributed by atoms with E-state index in [9.17, 15) is 4.79 Å². The van der Waals surface area contributed by atoms with E-state index in [1.54, 1.807) is 29.1 Å². The molecule has 1 N–H and O–H groups in total. The number of hydrogen-bond acceptors (Lipinski definition) is 6. The fraction of sp³-hybridized carbons (Fsp3) is 0.312. The molecular weight excluding hydrogens is 371 g/mol. The molecule has 128 valence electrons. The molecule has 1 aromatic heterocycles. The van der Waals surface area contributed by atoms with Crippen molar-refractivity contribution >= 4 is 46.2 Å². The van der Waals surface area contributed by atoms with E-state index in [1.807, 2.05) is 6.92 Å². The average molecular weight is 387 g/mol. The molecule has 5 nitrogen and oxygen atoms in total. The van der Waals surface area contributed by atoms with Crippen LogP contribution in [0.3, 0.4) is 0 Å². The molecule has 1 aromatic carbocycles. The van der Waals surface area contributed by atoms with E-state index in [0.717, 1.165) is 0 Å². The van der Waals surface area contributed by atoms with Crippen LogP contribution in [-0.4, -0.2) is 23.3 Å². The van der Waals surface area contributed by atoms with Crippen LogP contribution in [0.25, 0.3) is 0 Å². The fourth-order valence-electron chi connectivity index (χ4n) is 1.83. The molecule has 1 atom stereocenters. The second kappa shape index (κ2) is 9.01. The van der Waals surface area contributed by atoms with Gasteiger partial charge in [0.1, 0.15) is 18.1 Å². The highest BCUT2D eigenvalue weighted by Crippen LogP contribution is 2.26. The minimum atomic E-state index is -0.635. The molecule has 2 aromatic rings. The highest BCUT2D eigenvalue weighted by molar-refractivity contribution is 7.07. The largest absolute Gasteiger partial charge is 0.493 e. The first-order valence-electron chi connectivity index (χ1n) is 7.15. The first-order chi connectivity index (χ1) is 11.5. The normalized spacial score (nSPS) is 11.8. The van der Waals surface area contributed by atoms with Crippen molar-refractivity contribution in [3.8, 4) is 5.75 Å². The monoisotopic (exact) mass is 386 g/mol. The number of nitrogens with one attached hydrogen (secondary N) is 1. The first-order valence-corrected chi connectivity index (χ1v) is 8.85. The van der Waals surface area contributed by atoms with Gasteiger partial charge in [0.25, 0.3) is 0 Å². The quantitative estimate of drug-likeness (QED) is 0.530. The van der Waals surface area contributed by atoms with Crippen LogP contribution in [0.4, 0.5) is 0 Å². The van der Waals surface area contributed by atoms with Crippen LogP contribution in [0, 0.1) is 11.3 Å². The second-order valence-corrected chi connectivity index (χ2v) is 6.76. The van der Waals surface area contributed by atoms with Gasteiger partial charge in [0.05, 0.1) is 27.9 Å². The van der Waals surface area contributed by atoms with Gasteiger partial charge in [-0.25, -0.2) is 9.78 Å². The lowest BCUT2D eigenvalue weighted by atomic mass is 10.1. The highest BCUT2D eigenvalue weighted by Gasteiger charge is 2.16. The Morgan fingerprint density at radius 1 is 1.38 bits per heavy atom. The number of hydrogen-bond donors (Lipinski definition) is 1. The van der Waals surface area contributed by atoms with E-state index < -0.39 is 5.97 Å². The first kappa shape index (κ1) is 18.7. The predicted molar refractivity (Wildman–Crippen MR) is 95.4 cm³/mol. The molecule has 1 heterocycles. The van der Waals surface area contributed by atoms with Gasteiger partial charge in [0, 0.05) is 17.9 Å². The Labute approximate surface area is 154 Å². The van der Waals surface area contributed by atoms with Crippen molar-refractivity contribution < 1.29 is 14.3 Å². The van der Waals surface area contributed by atoms with Gasteiger partial charge in [-0.1, -0.05) is 30.1 Å². The predicted octanol–water partition coefficient (Wildman–Crippen LogP) is 4.62. The van der Waals surface area contributed by atoms with E-state index >= 15 is 0 Å². The van der Waals surface area contributed by atoms with Gasteiger partial charge < -0.3 is 9.47 Å². The SMILES string of the molecule is CC(COc1ccc(Cl)c(Cl)c1)CC(=N)C(=O)OCc1cscn1. The number of rotatable bonds is 8. The molecule has 8 heteroatoms. The molecule has 0 radical (unpaired) electrons. The number of benzene rings is 1. The molecule has 24 heavy (non-hydrogen) atoms. The van der Waals surface area contributed by atoms with Gasteiger partial charge in [-0.3, -0.25) is 5.41 Å². The van der Waals surface area contributed by atoms with Crippen molar-refractivity contribution in [2.45, 2.75) is 20.0 Å². The van der Waals surface area contributed by atoms with E-state index in [0.29, 0.717) is 28.1 Å². The van der Waals surface area contributed by atoms with Crippen molar-refractivity contribution in [1.82, 2.24) is 4.98 Å². The molecule has 0 spiro atoms. The minimum Gasteiger partial charge on any atom is -0.493 e. The molecule has 0 fully saturated rings. The molecule has 0 aliphatic carbocycles. The maximum Gasteiger partial charge on any atom is 0.352 e. The van der Waals surface area contributed by atoms with E-state index in [-0.39, 0.29) is 24.7 Å². The lowest BCUT2D eigenvalue weighted by Crippen LogP contribution is -2.21. The lowest BCUT2D eigenvalue weighted by molar-refractivity contribution is -0.137. The molecule has 0 bridgehead atoms. The number of carbonyl (C=O) groups excluding carboxylic acids is 1.